The molecule has 1 unspecified atom stereocenters. The van der Waals surface area contributed by atoms with Crippen molar-refractivity contribution in [1.29, 1.82) is 0 Å². The number of anilines is 1. The van der Waals surface area contributed by atoms with Crippen molar-refractivity contribution in [3.63, 3.8) is 0 Å². The molecule has 3 heterocycles. The molecule has 1 fully saturated rings. The maximum absolute atomic E-state index is 14.0. The van der Waals surface area contributed by atoms with Gasteiger partial charge in [-0.05, 0) is 13.0 Å². The number of fused-ring (bicyclic) bond motifs is 3. The fourth-order valence-corrected chi connectivity index (χ4v) is 3.18. The summed E-state index contributed by atoms with van der Waals surface area (Å²) in [5, 5.41) is 9.57. The van der Waals surface area contributed by atoms with Crippen LogP contribution in [0, 0.1) is 5.82 Å². The van der Waals surface area contributed by atoms with Gasteiger partial charge in [0.15, 0.2) is 11.7 Å². The zero-order valence-corrected chi connectivity index (χ0v) is 14.1. The highest BCUT2D eigenvalue weighted by Gasteiger charge is 2.32. The smallest absolute Gasteiger partial charge is 0.193 e. The Bertz CT molecular complexity index is 753. The molecule has 0 saturated carbocycles. The quantitative estimate of drug-likeness (QED) is 0.783. The molecule has 0 amide bonds. The summed E-state index contributed by atoms with van der Waals surface area (Å²) < 4.78 is 14.0. The first-order valence-corrected chi connectivity index (χ1v) is 8.45. The number of benzene rings is 1. The Labute approximate surface area is 144 Å². The lowest BCUT2D eigenvalue weighted by molar-refractivity contribution is 0.360. The molecule has 0 aromatic heterocycles. The zero-order chi connectivity index (χ0) is 16.7. The predicted octanol–water partition coefficient (Wildman–Crippen LogP) is 2.41. The monoisotopic (exact) mass is 348 g/mol. The molecule has 0 radical (unpaired) electrons. The third-order valence-electron chi connectivity index (χ3n) is 4.28. The van der Waals surface area contributed by atoms with Crippen molar-refractivity contribution in [2.75, 3.05) is 31.2 Å². The Kier molecular flexibility index (Phi) is 3.97. The van der Waals surface area contributed by atoms with Crippen LogP contribution < -0.4 is 10.3 Å². The Hall–Kier alpha value is -1.99. The van der Waals surface area contributed by atoms with Crippen LogP contribution in [0.1, 0.15) is 13.3 Å². The number of rotatable bonds is 0. The number of hydrogen-bond acceptors (Lipinski definition) is 6. The van der Waals surface area contributed by atoms with E-state index in [-0.39, 0.29) is 11.1 Å². The first kappa shape index (κ1) is 15.5. The van der Waals surface area contributed by atoms with Crippen molar-refractivity contribution < 1.29 is 4.39 Å². The second-order valence-corrected chi connectivity index (χ2v) is 6.48. The molecule has 0 bridgehead atoms. The van der Waals surface area contributed by atoms with E-state index in [2.05, 4.69) is 15.3 Å². The molecule has 1 N–H and O–H groups in total. The molecular formula is C16H18ClFN6. The molecule has 4 rings (SSSR count). The minimum atomic E-state index is -0.483. The minimum absolute atomic E-state index is 0.0599. The van der Waals surface area contributed by atoms with E-state index in [0.29, 0.717) is 17.2 Å². The second-order valence-electron chi connectivity index (χ2n) is 6.07. The van der Waals surface area contributed by atoms with Crippen LogP contribution in [0.3, 0.4) is 0 Å². The fraction of sp³-hybridized carbons (Fsp3) is 0.438. The number of halogens is 2. The largest absolute Gasteiger partial charge is 0.351 e. The third-order valence-corrected chi connectivity index (χ3v) is 4.57. The van der Waals surface area contributed by atoms with Crippen molar-refractivity contribution >= 4 is 40.9 Å². The SMILES string of the molecule is CC1CC=NN2C(=N1)C(N1CCNCC1)=Nc1cc(Cl)c(F)cc12. The van der Waals surface area contributed by atoms with Gasteiger partial charge in [-0.15, -0.1) is 0 Å². The van der Waals surface area contributed by atoms with Crippen LogP contribution in [0.5, 0.6) is 0 Å². The minimum Gasteiger partial charge on any atom is -0.351 e. The summed E-state index contributed by atoms with van der Waals surface area (Å²) in [4.78, 5) is 11.7. The molecule has 126 valence electrons. The van der Waals surface area contributed by atoms with Gasteiger partial charge >= 0.3 is 0 Å². The summed E-state index contributed by atoms with van der Waals surface area (Å²) in [6, 6.07) is 3.02. The topological polar surface area (TPSA) is 55.6 Å². The molecule has 1 saturated heterocycles. The molecular weight excluding hydrogens is 331 g/mol. The van der Waals surface area contributed by atoms with E-state index in [4.69, 9.17) is 21.6 Å². The number of amidine groups is 2. The van der Waals surface area contributed by atoms with Gasteiger partial charge < -0.3 is 10.2 Å². The van der Waals surface area contributed by atoms with Crippen molar-refractivity contribution in [3.05, 3.63) is 23.0 Å². The van der Waals surface area contributed by atoms with Crippen LogP contribution in [-0.4, -0.2) is 55.0 Å². The summed E-state index contributed by atoms with van der Waals surface area (Å²) in [6.45, 7) is 5.50. The summed E-state index contributed by atoms with van der Waals surface area (Å²) >= 11 is 5.95. The number of piperazine rings is 1. The van der Waals surface area contributed by atoms with Gasteiger partial charge in [-0.1, -0.05) is 11.6 Å². The van der Waals surface area contributed by atoms with E-state index in [1.807, 2.05) is 13.1 Å². The Morgan fingerprint density at radius 3 is 2.83 bits per heavy atom. The summed E-state index contributed by atoms with van der Waals surface area (Å²) in [7, 11) is 0. The molecule has 3 aliphatic rings. The summed E-state index contributed by atoms with van der Waals surface area (Å²) in [6.07, 6.45) is 2.55. The molecule has 3 aliphatic heterocycles. The van der Waals surface area contributed by atoms with E-state index in [1.165, 1.54) is 6.07 Å². The van der Waals surface area contributed by atoms with Crippen LogP contribution in [-0.2, 0) is 0 Å². The van der Waals surface area contributed by atoms with Gasteiger partial charge in [-0.2, -0.15) is 5.10 Å². The molecule has 0 aliphatic carbocycles. The molecule has 1 atom stereocenters. The van der Waals surface area contributed by atoms with Crippen LogP contribution in [0.25, 0.3) is 0 Å². The Balaban J connectivity index is 1.88. The molecule has 24 heavy (non-hydrogen) atoms. The number of aliphatic imine (C=N–C) groups is 2. The van der Waals surface area contributed by atoms with E-state index in [9.17, 15) is 4.39 Å². The van der Waals surface area contributed by atoms with Gasteiger partial charge in [-0.3, -0.25) is 4.99 Å². The Morgan fingerprint density at radius 2 is 2.04 bits per heavy atom. The van der Waals surface area contributed by atoms with Gasteiger partial charge in [0.05, 0.1) is 22.4 Å². The van der Waals surface area contributed by atoms with Crippen LogP contribution in [0.4, 0.5) is 15.8 Å². The molecule has 8 heteroatoms. The first-order valence-electron chi connectivity index (χ1n) is 8.07. The van der Waals surface area contributed by atoms with Gasteiger partial charge in [0.2, 0.25) is 0 Å². The average Bonchev–Trinajstić information content (AvgIpc) is 2.78. The summed E-state index contributed by atoms with van der Waals surface area (Å²) in [5.74, 6) is 0.966. The molecule has 0 spiro atoms. The standard InChI is InChI=1S/C16H18ClFN6/c1-10-2-3-20-24-14-9-12(18)11(17)8-13(14)22-15(16(24)21-10)23-6-4-19-5-7-23/h3,8-10,19H,2,4-7H2,1H3. The lowest BCUT2D eigenvalue weighted by Gasteiger charge is -2.35. The van der Waals surface area contributed by atoms with Crippen molar-refractivity contribution in [2.24, 2.45) is 15.1 Å². The second kappa shape index (κ2) is 6.14. The Morgan fingerprint density at radius 1 is 1.25 bits per heavy atom. The van der Waals surface area contributed by atoms with Crippen LogP contribution in [0.15, 0.2) is 27.2 Å². The lowest BCUT2D eigenvalue weighted by atomic mass is 10.2. The normalized spacial score (nSPS) is 23.2. The lowest BCUT2D eigenvalue weighted by Crippen LogP contribution is -2.52. The van der Waals surface area contributed by atoms with E-state index < -0.39 is 5.82 Å². The first-order chi connectivity index (χ1) is 11.6. The van der Waals surface area contributed by atoms with Gasteiger partial charge in [0.1, 0.15) is 5.82 Å². The summed E-state index contributed by atoms with van der Waals surface area (Å²) in [5.41, 5.74) is 1.18. The van der Waals surface area contributed by atoms with Gasteiger partial charge in [0, 0.05) is 44.9 Å². The van der Waals surface area contributed by atoms with Crippen molar-refractivity contribution in [3.8, 4) is 0 Å². The van der Waals surface area contributed by atoms with Crippen molar-refractivity contribution in [1.82, 2.24) is 10.2 Å². The highest BCUT2D eigenvalue weighted by molar-refractivity contribution is 6.47. The number of hydrazone groups is 1. The maximum Gasteiger partial charge on any atom is 0.193 e. The third kappa shape index (κ3) is 2.67. The van der Waals surface area contributed by atoms with E-state index >= 15 is 0 Å². The van der Waals surface area contributed by atoms with E-state index in [1.54, 1.807) is 11.1 Å². The number of hydrogen-bond donors (Lipinski definition) is 1. The van der Waals surface area contributed by atoms with Gasteiger partial charge in [0.25, 0.3) is 0 Å². The van der Waals surface area contributed by atoms with Crippen LogP contribution >= 0.6 is 11.6 Å². The number of nitrogens with zero attached hydrogens (tertiary/aromatic N) is 5. The van der Waals surface area contributed by atoms with Gasteiger partial charge in [-0.25, -0.2) is 14.4 Å². The fourth-order valence-electron chi connectivity index (χ4n) is 3.02. The average molecular weight is 349 g/mol. The van der Waals surface area contributed by atoms with Crippen LogP contribution in [0.2, 0.25) is 5.02 Å². The zero-order valence-electron chi connectivity index (χ0n) is 13.3. The molecule has 6 nitrogen and oxygen atoms in total. The van der Waals surface area contributed by atoms with Crippen molar-refractivity contribution in [2.45, 2.75) is 19.4 Å². The highest BCUT2D eigenvalue weighted by Crippen LogP contribution is 2.38. The molecule has 1 aromatic carbocycles. The molecule has 1 aromatic rings. The number of nitrogens with one attached hydrogen (secondary N) is 1. The van der Waals surface area contributed by atoms with E-state index in [0.717, 1.165) is 38.4 Å². The highest BCUT2D eigenvalue weighted by atomic mass is 35.5. The predicted molar refractivity (Wildman–Crippen MR) is 95.4 cm³/mol. The maximum atomic E-state index is 14.0.